The Morgan fingerprint density at radius 1 is 1.29 bits per heavy atom. The molecule has 0 radical (unpaired) electrons. The summed E-state index contributed by atoms with van der Waals surface area (Å²) in [5, 5.41) is 9.47. The van der Waals surface area contributed by atoms with Crippen LogP contribution in [0.1, 0.15) is 44.9 Å². The summed E-state index contributed by atoms with van der Waals surface area (Å²) in [5.41, 5.74) is -0.398. The van der Waals surface area contributed by atoms with E-state index in [0.29, 0.717) is 6.04 Å². The van der Waals surface area contributed by atoms with Crippen molar-refractivity contribution >= 4 is 18.4 Å². The van der Waals surface area contributed by atoms with Gasteiger partial charge in [0, 0.05) is 19.1 Å². The summed E-state index contributed by atoms with van der Waals surface area (Å²) < 4.78 is 0. The van der Waals surface area contributed by atoms with E-state index < -0.39 is 11.4 Å². The number of hydrogen-bond acceptors (Lipinski definition) is 2. The van der Waals surface area contributed by atoms with Crippen molar-refractivity contribution in [3.63, 3.8) is 0 Å². The third-order valence-corrected chi connectivity index (χ3v) is 5.04. The van der Waals surface area contributed by atoms with Crippen LogP contribution in [-0.2, 0) is 4.79 Å². The molecular formula is C13H22ClNO2. The van der Waals surface area contributed by atoms with Crippen molar-refractivity contribution in [1.29, 1.82) is 0 Å². The number of carbonyl (C=O) groups is 1. The van der Waals surface area contributed by atoms with Crippen molar-refractivity contribution in [1.82, 2.24) is 4.90 Å². The Hall–Kier alpha value is -0.280. The van der Waals surface area contributed by atoms with Crippen LogP contribution in [0.3, 0.4) is 0 Å². The van der Waals surface area contributed by atoms with Crippen molar-refractivity contribution in [3.8, 4) is 0 Å². The minimum atomic E-state index is -0.548. The smallest absolute Gasteiger partial charge is 0.310 e. The molecule has 98 valence electrons. The number of nitrogens with zero attached hydrogens (tertiary/aromatic N) is 1. The first-order chi connectivity index (χ1) is 7.70. The third kappa shape index (κ3) is 2.19. The Kier molecular flexibility index (Phi) is 3.69. The second kappa shape index (κ2) is 4.77. The molecule has 4 heteroatoms. The van der Waals surface area contributed by atoms with Crippen LogP contribution in [0, 0.1) is 11.3 Å². The lowest BCUT2D eigenvalue weighted by atomic mass is 9.85. The number of fused-ring (bicyclic) bond motifs is 2. The first kappa shape index (κ1) is 13.2. The fourth-order valence-electron chi connectivity index (χ4n) is 4.10. The highest BCUT2D eigenvalue weighted by Crippen LogP contribution is 2.44. The second-order valence-corrected chi connectivity index (χ2v) is 6.05. The van der Waals surface area contributed by atoms with E-state index >= 15 is 0 Å². The number of likely N-dealkylation sites (tertiary alicyclic amines) is 1. The van der Waals surface area contributed by atoms with E-state index in [0.717, 1.165) is 38.1 Å². The van der Waals surface area contributed by atoms with Gasteiger partial charge in [0.05, 0.1) is 5.41 Å². The van der Waals surface area contributed by atoms with Crippen molar-refractivity contribution < 1.29 is 9.90 Å². The number of aliphatic carboxylic acids is 1. The SMILES string of the molecule is Cl.O=C(O)C1(CN2CC3CCC2C3)CCCC1. The topological polar surface area (TPSA) is 40.5 Å². The van der Waals surface area contributed by atoms with Gasteiger partial charge in [-0.1, -0.05) is 12.8 Å². The van der Waals surface area contributed by atoms with Gasteiger partial charge < -0.3 is 5.11 Å². The zero-order valence-electron chi connectivity index (χ0n) is 10.2. The molecular weight excluding hydrogens is 238 g/mol. The van der Waals surface area contributed by atoms with E-state index in [-0.39, 0.29) is 12.4 Å². The van der Waals surface area contributed by atoms with Crippen molar-refractivity contribution in [2.45, 2.75) is 51.0 Å². The molecule has 2 bridgehead atoms. The normalized spacial score (nSPS) is 34.8. The van der Waals surface area contributed by atoms with Crippen LogP contribution >= 0.6 is 12.4 Å². The molecule has 1 N–H and O–H groups in total. The molecule has 0 aromatic rings. The summed E-state index contributed by atoms with van der Waals surface area (Å²) in [6.45, 7) is 1.99. The van der Waals surface area contributed by atoms with Gasteiger partial charge in [-0.3, -0.25) is 9.69 Å². The number of piperidine rings is 1. The largest absolute Gasteiger partial charge is 0.481 e. The average Bonchev–Trinajstić information content (AvgIpc) is 2.92. The van der Waals surface area contributed by atoms with Gasteiger partial charge in [0.15, 0.2) is 0 Å². The van der Waals surface area contributed by atoms with Crippen LogP contribution in [0.2, 0.25) is 0 Å². The monoisotopic (exact) mass is 259 g/mol. The molecule has 2 unspecified atom stereocenters. The number of carboxylic acids is 1. The zero-order chi connectivity index (χ0) is 11.2. The molecule has 0 spiro atoms. The van der Waals surface area contributed by atoms with Gasteiger partial charge in [-0.25, -0.2) is 0 Å². The molecule has 0 aromatic heterocycles. The Bertz CT molecular complexity index is 302. The highest BCUT2D eigenvalue weighted by atomic mass is 35.5. The molecule has 3 fully saturated rings. The second-order valence-electron chi connectivity index (χ2n) is 6.05. The predicted octanol–water partition coefficient (Wildman–Crippen LogP) is 2.54. The lowest BCUT2D eigenvalue weighted by Crippen LogP contribution is -2.44. The summed E-state index contributed by atoms with van der Waals surface area (Å²) in [6.07, 6.45) is 8.02. The van der Waals surface area contributed by atoms with Gasteiger partial charge in [0.25, 0.3) is 0 Å². The molecule has 2 saturated carbocycles. The quantitative estimate of drug-likeness (QED) is 0.847. The van der Waals surface area contributed by atoms with Crippen LogP contribution < -0.4 is 0 Å². The van der Waals surface area contributed by atoms with Crippen LogP contribution in [0.5, 0.6) is 0 Å². The Labute approximate surface area is 109 Å². The first-order valence-electron chi connectivity index (χ1n) is 6.67. The Morgan fingerprint density at radius 2 is 2.00 bits per heavy atom. The fraction of sp³-hybridized carbons (Fsp3) is 0.923. The van der Waals surface area contributed by atoms with Crippen LogP contribution in [0.15, 0.2) is 0 Å². The van der Waals surface area contributed by atoms with Gasteiger partial charge >= 0.3 is 5.97 Å². The zero-order valence-corrected chi connectivity index (χ0v) is 11.0. The van der Waals surface area contributed by atoms with Crippen LogP contribution in [-0.4, -0.2) is 35.1 Å². The molecule has 2 aliphatic carbocycles. The van der Waals surface area contributed by atoms with Gasteiger partial charge in [0.1, 0.15) is 0 Å². The maximum atomic E-state index is 11.5. The fourth-order valence-corrected chi connectivity index (χ4v) is 4.10. The third-order valence-electron chi connectivity index (χ3n) is 5.04. The number of hydrogen-bond donors (Lipinski definition) is 1. The first-order valence-corrected chi connectivity index (χ1v) is 6.67. The van der Waals surface area contributed by atoms with Gasteiger partial charge in [-0.15, -0.1) is 12.4 Å². The number of carboxylic acid groups (broad SMARTS) is 1. The van der Waals surface area contributed by atoms with Crippen LogP contribution in [0.25, 0.3) is 0 Å². The van der Waals surface area contributed by atoms with E-state index in [1.54, 1.807) is 0 Å². The van der Waals surface area contributed by atoms with E-state index in [4.69, 9.17) is 0 Å². The summed E-state index contributed by atoms with van der Waals surface area (Å²) in [5.74, 6) is 0.324. The number of halogens is 1. The maximum Gasteiger partial charge on any atom is 0.310 e. The molecule has 1 aliphatic heterocycles. The summed E-state index contributed by atoms with van der Waals surface area (Å²) in [4.78, 5) is 14.0. The molecule has 3 rings (SSSR count). The van der Waals surface area contributed by atoms with Gasteiger partial charge in [-0.05, 0) is 38.0 Å². The standard InChI is InChI=1S/C13H21NO2.ClH/c15-12(16)13(5-1-2-6-13)9-14-8-10-3-4-11(14)7-10;/h10-11H,1-9H2,(H,15,16);1H. The highest BCUT2D eigenvalue weighted by Gasteiger charge is 2.47. The van der Waals surface area contributed by atoms with E-state index in [1.165, 1.54) is 25.8 Å². The predicted molar refractivity (Wildman–Crippen MR) is 68.5 cm³/mol. The van der Waals surface area contributed by atoms with Gasteiger partial charge in [0.2, 0.25) is 0 Å². The minimum absolute atomic E-state index is 0. The highest BCUT2D eigenvalue weighted by molar-refractivity contribution is 5.85. The lowest BCUT2D eigenvalue weighted by molar-refractivity contribution is -0.150. The van der Waals surface area contributed by atoms with Crippen LogP contribution in [0.4, 0.5) is 0 Å². The van der Waals surface area contributed by atoms with E-state index in [9.17, 15) is 9.90 Å². The maximum absolute atomic E-state index is 11.5. The van der Waals surface area contributed by atoms with Crippen molar-refractivity contribution in [3.05, 3.63) is 0 Å². The lowest BCUT2D eigenvalue weighted by Gasteiger charge is -2.34. The summed E-state index contributed by atoms with van der Waals surface area (Å²) >= 11 is 0. The van der Waals surface area contributed by atoms with E-state index in [1.807, 2.05) is 0 Å². The molecule has 2 atom stereocenters. The summed E-state index contributed by atoms with van der Waals surface area (Å²) in [6, 6.07) is 0.710. The van der Waals surface area contributed by atoms with Gasteiger partial charge in [-0.2, -0.15) is 0 Å². The average molecular weight is 260 g/mol. The molecule has 3 nitrogen and oxygen atoms in total. The van der Waals surface area contributed by atoms with E-state index in [2.05, 4.69) is 4.90 Å². The molecule has 1 saturated heterocycles. The molecule has 0 amide bonds. The molecule has 1 heterocycles. The Balaban J connectivity index is 0.00000108. The Morgan fingerprint density at radius 3 is 2.47 bits per heavy atom. The van der Waals surface area contributed by atoms with Crippen molar-refractivity contribution in [2.24, 2.45) is 11.3 Å². The molecule has 0 aromatic carbocycles. The van der Waals surface area contributed by atoms with Crippen molar-refractivity contribution in [2.75, 3.05) is 13.1 Å². The summed E-state index contributed by atoms with van der Waals surface area (Å²) in [7, 11) is 0. The number of rotatable bonds is 3. The minimum Gasteiger partial charge on any atom is -0.481 e. The molecule has 3 aliphatic rings. The molecule has 17 heavy (non-hydrogen) atoms.